The quantitative estimate of drug-likeness (QED) is 0.769. The van der Waals surface area contributed by atoms with E-state index in [0.717, 1.165) is 23.5 Å². The van der Waals surface area contributed by atoms with Gasteiger partial charge in [-0.25, -0.2) is 17.7 Å². The van der Waals surface area contributed by atoms with E-state index in [9.17, 15) is 8.42 Å². The highest BCUT2D eigenvalue weighted by atomic mass is 32.2. The molecular weight excluding hydrogens is 336 g/mol. The summed E-state index contributed by atoms with van der Waals surface area (Å²) >= 11 is 1.62. The van der Waals surface area contributed by atoms with Gasteiger partial charge in [0.1, 0.15) is 0 Å². The summed E-state index contributed by atoms with van der Waals surface area (Å²) in [5.41, 5.74) is 0.757. The lowest BCUT2D eigenvalue weighted by molar-refractivity contribution is 0.0213. The van der Waals surface area contributed by atoms with E-state index in [1.54, 1.807) is 15.6 Å². The molecule has 0 N–H and O–H groups in total. The Balaban J connectivity index is 1.41. The zero-order chi connectivity index (χ0) is 16.1. The third-order valence-electron chi connectivity index (χ3n) is 5.10. The molecular formula is C15H22N2O4S2. The van der Waals surface area contributed by atoms with Gasteiger partial charge in [0.05, 0.1) is 42.4 Å². The van der Waals surface area contributed by atoms with Crippen LogP contribution in [-0.4, -0.2) is 55.9 Å². The molecule has 0 amide bonds. The molecule has 1 saturated carbocycles. The predicted octanol–water partition coefficient (Wildman–Crippen LogP) is 1.41. The van der Waals surface area contributed by atoms with Crippen molar-refractivity contribution in [3.8, 4) is 0 Å². The number of thiazole rings is 1. The molecule has 2 saturated heterocycles. The average Bonchev–Trinajstić information content (AvgIpc) is 3.04. The molecule has 2 aliphatic heterocycles. The Morgan fingerprint density at radius 2 is 2.35 bits per heavy atom. The molecule has 1 aromatic rings. The van der Waals surface area contributed by atoms with Gasteiger partial charge in [0.2, 0.25) is 10.0 Å². The standard InChI is InChI=1S/C15H22N2O4S2/c1-11-16-13(7-22-11)6-21-10-15-8-17(4-12(15)5-20-9-15)23(18,19)14-2-3-14/h7,12,14H,2-6,8-10H2,1H3/t12-,15+/m1/s1. The van der Waals surface area contributed by atoms with Gasteiger partial charge in [0, 0.05) is 29.8 Å². The van der Waals surface area contributed by atoms with E-state index in [0.29, 0.717) is 39.5 Å². The Hall–Kier alpha value is -0.540. The first-order chi connectivity index (χ1) is 11.0. The first kappa shape index (κ1) is 16.0. The minimum atomic E-state index is -3.11. The number of hydrogen-bond acceptors (Lipinski definition) is 6. The van der Waals surface area contributed by atoms with Crippen molar-refractivity contribution in [2.75, 3.05) is 32.9 Å². The number of sulfonamides is 1. The highest BCUT2D eigenvalue weighted by molar-refractivity contribution is 7.90. The highest BCUT2D eigenvalue weighted by Crippen LogP contribution is 2.45. The van der Waals surface area contributed by atoms with E-state index >= 15 is 0 Å². The lowest BCUT2D eigenvalue weighted by atomic mass is 9.82. The van der Waals surface area contributed by atoms with Gasteiger partial charge < -0.3 is 9.47 Å². The van der Waals surface area contributed by atoms with Crippen molar-refractivity contribution >= 4 is 21.4 Å². The second-order valence-electron chi connectivity index (χ2n) is 6.96. The van der Waals surface area contributed by atoms with Crippen LogP contribution in [0.3, 0.4) is 0 Å². The summed E-state index contributed by atoms with van der Waals surface area (Å²) in [6.45, 7) is 5.33. The van der Waals surface area contributed by atoms with E-state index in [1.165, 1.54) is 0 Å². The van der Waals surface area contributed by atoms with Gasteiger partial charge in [-0.15, -0.1) is 11.3 Å². The lowest BCUT2D eigenvalue weighted by Gasteiger charge is -2.26. The van der Waals surface area contributed by atoms with Gasteiger partial charge in [-0.1, -0.05) is 0 Å². The number of hydrogen-bond donors (Lipinski definition) is 0. The minimum Gasteiger partial charge on any atom is -0.380 e. The van der Waals surface area contributed by atoms with Gasteiger partial charge in [-0.3, -0.25) is 0 Å². The fraction of sp³-hybridized carbons (Fsp3) is 0.800. The second kappa shape index (κ2) is 5.77. The van der Waals surface area contributed by atoms with Crippen molar-refractivity contribution in [2.45, 2.75) is 31.6 Å². The molecule has 0 bridgehead atoms. The maximum Gasteiger partial charge on any atom is 0.217 e. The van der Waals surface area contributed by atoms with E-state index in [1.807, 2.05) is 12.3 Å². The summed E-state index contributed by atoms with van der Waals surface area (Å²) in [7, 11) is -3.11. The summed E-state index contributed by atoms with van der Waals surface area (Å²) in [4.78, 5) is 4.40. The molecule has 3 fully saturated rings. The van der Waals surface area contributed by atoms with Crippen LogP contribution in [0.2, 0.25) is 0 Å². The maximum absolute atomic E-state index is 12.5. The van der Waals surface area contributed by atoms with E-state index in [4.69, 9.17) is 9.47 Å². The van der Waals surface area contributed by atoms with Crippen LogP contribution in [0, 0.1) is 18.3 Å². The zero-order valence-corrected chi connectivity index (χ0v) is 14.9. The fourth-order valence-electron chi connectivity index (χ4n) is 3.59. The third-order valence-corrected chi connectivity index (χ3v) is 8.24. The van der Waals surface area contributed by atoms with Gasteiger partial charge >= 0.3 is 0 Å². The van der Waals surface area contributed by atoms with Crippen LogP contribution < -0.4 is 0 Å². The number of aromatic nitrogens is 1. The average molecular weight is 358 g/mol. The van der Waals surface area contributed by atoms with Crippen molar-refractivity contribution in [3.63, 3.8) is 0 Å². The zero-order valence-electron chi connectivity index (χ0n) is 13.2. The summed E-state index contributed by atoms with van der Waals surface area (Å²) in [6, 6.07) is 0. The molecule has 3 aliphatic rings. The predicted molar refractivity (Wildman–Crippen MR) is 86.8 cm³/mol. The Bertz CT molecular complexity index is 685. The molecule has 128 valence electrons. The van der Waals surface area contributed by atoms with E-state index < -0.39 is 10.0 Å². The van der Waals surface area contributed by atoms with Gasteiger partial charge in [0.15, 0.2) is 0 Å². The summed E-state index contributed by atoms with van der Waals surface area (Å²) < 4.78 is 38.2. The molecule has 1 aromatic heterocycles. The summed E-state index contributed by atoms with van der Waals surface area (Å²) in [5.74, 6) is 0.244. The van der Waals surface area contributed by atoms with Crippen molar-refractivity contribution < 1.29 is 17.9 Å². The van der Waals surface area contributed by atoms with Crippen LogP contribution in [0.15, 0.2) is 5.38 Å². The Labute approximate surface area is 140 Å². The molecule has 6 nitrogen and oxygen atoms in total. The Morgan fingerprint density at radius 3 is 3.04 bits per heavy atom. The fourth-order valence-corrected chi connectivity index (χ4v) is 6.17. The number of rotatable bonds is 6. The second-order valence-corrected chi connectivity index (χ2v) is 10.2. The Kier molecular flexibility index (Phi) is 4.00. The molecule has 4 rings (SSSR count). The number of ether oxygens (including phenoxy) is 2. The van der Waals surface area contributed by atoms with Gasteiger partial charge in [-0.2, -0.15) is 0 Å². The molecule has 0 spiro atoms. The molecule has 23 heavy (non-hydrogen) atoms. The smallest absolute Gasteiger partial charge is 0.217 e. The van der Waals surface area contributed by atoms with Gasteiger partial charge in [0.25, 0.3) is 0 Å². The van der Waals surface area contributed by atoms with Crippen LogP contribution in [0.25, 0.3) is 0 Å². The van der Waals surface area contributed by atoms with Crippen molar-refractivity contribution in [1.82, 2.24) is 9.29 Å². The van der Waals surface area contributed by atoms with Crippen molar-refractivity contribution in [2.24, 2.45) is 11.3 Å². The molecule has 1 aliphatic carbocycles. The largest absolute Gasteiger partial charge is 0.380 e. The minimum absolute atomic E-state index is 0.141. The number of aryl methyl sites for hydroxylation is 1. The van der Waals surface area contributed by atoms with Crippen LogP contribution in [-0.2, 0) is 26.1 Å². The van der Waals surface area contributed by atoms with Gasteiger partial charge in [-0.05, 0) is 19.8 Å². The molecule has 3 heterocycles. The maximum atomic E-state index is 12.5. The third kappa shape index (κ3) is 2.95. The summed E-state index contributed by atoms with van der Waals surface area (Å²) in [5, 5.41) is 2.90. The number of fused-ring (bicyclic) bond motifs is 1. The monoisotopic (exact) mass is 358 g/mol. The van der Waals surface area contributed by atoms with Crippen LogP contribution in [0.4, 0.5) is 0 Å². The SMILES string of the molecule is Cc1nc(COC[C@]23COC[C@H]2CN(S(=O)(=O)C2CC2)C3)cs1. The summed E-state index contributed by atoms with van der Waals surface area (Å²) in [6.07, 6.45) is 1.62. The lowest BCUT2D eigenvalue weighted by Crippen LogP contribution is -2.38. The van der Waals surface area contributed by atoms with E-state index in [2.05, 4.69) is 4.98 Å². The first-order valence-corrected chi connectivity index (χ1v) is 10.4. The molecule has 2 atom stereocenters. The van der Waals surface area contributed by atoms with E-state index in [-0.39, 0.29) is 16.6 Å². The molecule has 0 radical (unpaired) electrons. The molecule has 8 heteroatoms. The van der Waals surface area contributed by atoms with Crippen molar-refractivity contribution in [1.29, 1.82) is 0 Å². The van der Waals surface area contributed by atoms with Crippen LogP contribution >= 0.6 is 11.3 Å². The topological polar surface area (TPSA) is 68.7 Å². The Morgan fingerprint density at radius 1 is 1.52 bits per heavy atom. The number of nitrogens with zero attached hydrogens (tertiary/aromatic N) is 2. The first-order valence-electron chi connectivity index (χ1n) is 8.05. The highest BCUT2D eigenvalue weighted by Gasteiger charge is 2.55. The molecule has 0 aromatic carbocycles. The normalized spacial score (nSPS) is 31.6. The molecule has 0 unspecified atom stereocenters. The van der Waals surface area contributed by atoms with Crippen molar-refractivity contribution in [3.05, 3.63) is 16.1 Å². The van der Waals surface area contributed by atoms with Crippen LogP contribution in [0.1, 0.15) is 23.5 Å². The van der Waals surface area contributed by atoms with Crippen LogP contribution in [0.5, 0.6) is 0 Å².